The molecule has 1 aliphatic carbocycles. The van der Waals surface area contributed by atoms with E-state index in [-0.39, 0.29) is 5.82 Å². The van der Waals surface area contributed by atoms with E-state index in [0.29, 0.717) is 17.4 Å². The van der Waals surface area contributed by atoms with E-state index < -0.39 is 5.60 Å². The number of aromatic nitrogens is 2. The number of hydrogen-bond acceptors (Lipinski definition) is 5. The molecule has 94 valence electrons. The summed E-state index contributed by atoms with van der Waals surface area (Å²) in [6, 6.07) is 0. The highest BCUT2D eigenvalue weighted by Crippen LogP contribution is 2.29. The summed E-state index contributed by atoms with van der Waals surface area (Å²) < 4.78 is 0. The Morgan fingerprint density at radius 3 is 2.76 bits per heavy atom. The predicted octanol–water partition coefficient (Wildman–Crippen LogP) is 1.82. The SMILES string of the molecule is Nc1ncnc(NCC2(O)CCCCC2)c1Cl. The second-order valence-corrected chi connectivity index (χ2v) is 4.94. The fraction of sp³-hybridized carbons (Fsp3) is 0.636. The van der Waals surface area contributed by atoms with Crippen LogP contribution in [0.3, 0.4) is 0 Å². The lowest BCUT2D eigenvalue weighted by atomic mass is 9.85. The van der Waals surface area contributed by atoms with Crippen molar-refractivity contribution in [3.8, 4) is 0 Å². The number of nitrogens with two attached hydrogens (primary N) is 1. The number of aliphatic hydroxyl groups is 1. The number of hydrogen-bond donors (Lipinski definition) is 3. The first-order valence-electron chi connectivity index (χ1n) is 5.83. The summed E-state index contributed by atoms with van der Waals surface area (Å²) in [4.78, 5) is 7.79. The largest absolute Gasteiger partial charge is 0.388 e. The minimum atomic E-state index is -0.651. The highest BCUT2D eigenvalue weighted by Gasteiger charge is 2.29. The van der Waals surface area contributed by atoms with Crippen LogP contribution < -0.4 is 11.1 Å². The standard InChI is InChI=1S/C11H17ClN4O/c12-8-9(13)15-7-16-10(8)14-6-11(17)4-2-1-3-5-11/h7,17H,1-6H2,(H3,13,14,15,16). The molecule has 1 aromatic heterocycles. The topological polar surface area (TPSA) is 84.1 Å². The first kappa shape index (κ1) is 12.4. The van der Waals surface area contributed by atoms with Gasteiger partial charge in [0.25, 0.3) is 0 Å². The van der Waals surface area contributed by atoms with E-state index in [0.717, 1.165) is 25.7 Å². The van der Waals surface area contributed by atoms with Gasteiger partial charge in [0.05, 0.1) is 5.60 Å². The number of nitrogens with zero attached hydrogens (tertiary/aromatic N) is 2. The lowest BCUT2D eigenvalue weighted by Gasteiger charge is -2.32. The maximum absolute atomic E-state index is 10.3. The second-order valence-electron chi connectivity index (χ2n) is 4.56. The van der Waals surface area contributed by atoms with Crippen LogP contribution in [-0.4, -0.2) is 27.2 Å². The van der Waals surface area contributed by atoms with E-state index in [1.54, 1.807) is 0 Å². The van der Waals surface area contributed by atoms with Crippen molar-refractivity contribution in [2.45, 2.75) is 37.7 Å². The number of nitrogen functional groups attached to an aromatic ring is 1. The smallest absolute Gasteiger partial charge is 0.150 e. The minimum Gasteiger partial charge on any atom is -0.388 e. The molecule has 0 aromatic carbocycles. The molecule has 1 saturated carbocycles. The average Bonchev–Trinajstić information content (AvgIpc) is 2.32. The van der Waals surface area contributed by atoms with E-state index in [1.807, 2.05) is 0 Å². The number of anilines is 2. The second kappa shape index (κ2) is 5.06. The average molecular weight is 257 g/mol. The number of rotatable bonds is 3. The molecular formula is C11H17ClN4O. The van der Waals surface area contributed by atoms with E-state index >= 15 is 0 Å². The molecule has 6 heteroatoms. The molecule has 1 heterocycles. The fourth-order valence-corrected chi connectivity index (χ4v) is 2.31. The van der Waals surface area contributed by atoms with Crippen molar-refractivity contribution in [2.24, 2.45) is 0 Å². The van der Waals surface area contributed by atoms with Crippen LogP contribution in [0.2, 0.25) is 5.02 Å². The fourth-order valence-electron chi connectivity index (χ4n) is 2.14. The Hall–Kier alpha value is -1.07. The lowest BCUT2D eigenvalue weighted by Crippen LogP contribution is -2.39. The van der Waals surface area contributed by atoms with E-state index in [1.165, 1.54) is 12.7 Å². The summed E-state index contributed by atoms with van der Waals surface area (Å²) in [5.41, 5.74) is 4.93. The van der Waals surface area contributed by atoms with Crippen molar-refractivity contribution >= 4 is 23.2 Å². The van der Waals surface area contributed by atoms with Crippen LogP contribution in [0.15, 0.2) is 6.33 Å². The van der Waals surface area contributed by atoms with E-state index in [9.17, 15) is 5.11 Å². The summed E-state index contributed by atoms with van der Waals surface area (Å²) >= 11 is 5.96. The zero-order chi connectivity index (χ0) is 12.3. The van der Waals surface area contributed by atoms with E-state index in [2.05, 4.69) is 15.3 Å². The molecule has 1 aromatic rings. The van der Waals surface area contributed by atoms with Crippen LogP contribution in [0.25, 0.3) is 0 Å². The zero-order valence-corrected chi connectivity index (χ0v) is 10.4. The monoisotopic (exact) mass is 256 g/mol. The third-order valence-electron chi connectivity index (χ3n) is 3.19. The molecule has 0 radical (unpaired) electrons. The van der Waals surface area contributed by atoms with Gasteiger partial charge in [0.15, 0.2) is 5.82 Å². The van der Waals surface area contributed by atoms with Gasteiger partial charge in [0, 0.05) is 6.54 Å². The van der Waals surface area contributed by atoms with Crippen LogP contribution in [0, 0.1) is 0 Å². The minimum absolute atomic E-state index is 0.250. The molecule has 0 bridgehead atoms. The predicted molar refractivity (Wildman–Crippen MR) is 68.0 cm³/mol. The summed E-state index contributed by atoms with van der Waals surface area (Å²) in [6.07, 6.45) is 6.32. The van der Waals surface area contributed by atoms with Gasteiger partial charge in [0.1, 0.15) is 17.2 Å². The Kier molecular flexibility index (Phi) is 3.69. The normalized spacial score (nSPS) is 18.9. The molecule has 0 aliphatic heterocycles. The van der Waals surface area contributed by atoms with Gasteiger partial charge < -0.3 is 16.2 Å². The Balaban J connectivity index is 1.99. The zero-order valence-electron chi connectivity index (χ0n) is 9.62. The summed E-state index contributed by atoms with van der Waals surface area (Å²) in [6.45, 7) is 0.448. The molecule has 0 spiro atoms. The van der Waals surface area contributed by atoms with Gasteiger partial charge in [-0.05, 0) is 12.8 Å². The van der Waals surface area contributed by atoms with Gasteiger partial charge in [-0.15, -0.1) is 0 Å². The van der Waals surface area contributed by atoms with Crippen LogP contribution in [0.4, 0.5) is 11.6 Å². The van der Waals surface area contributed by atoms with Gasteiger partial charge in [-0.2, -0.15) is 0 Å². The van der Waals surface area contributed by atoms with Crippen molar-refractivity contribution in [1.82, 2.24) is 9.97 Å². The molecule has 5 nitrogen and oxygen atoms in total. The number of nitrogens with one attached hydrogen (secondary N) is 1. The van der Waals surface area contributed by atoms with Crippen molar-refractivity contribution in [2.75, 3.05) is 17.6 Å². The van der Waals surface area contributed by atoms with Crippen molar-refractivity contribution in [1.29, 1.82) is 0 Å². The van der Waals surface area contributed by atoms with Gasteiger partial charge in [-0.25, -0.2) is 9.97 Å². The highest BCUT2D eigenvalue weighted by molar-refractivity contribution is 6.35. The number of halogens is 1. The molecule has 0 amide bonds. The van der Waals surface area contributed by atoms with Gasteiger partial charge in [-0.3, -0.25) is 0 Å². The van der Waals surface area contributed by atoms with E-state index in [4.69, 9.17) is 17.3 Å². The summed E-state index contributed by atoms with van der Waals surface area (Å²) in [5.74, 6) is 0.734. The Morgan fingerprint density at radius 1 is 1.35 bits per heavy atom. The molecule has 0 atom stereocenters. The Labute approximate surface area is 105 Å². The van der Waals surface area contributed by atoms with Crippen molar-refractivity contribution < 1.29 is 5.11 Å². The van der Waals surface area contributed by atoms with Gasteiger partial charge in [0.2, 0.25) is 0 Å². The third kappa shape index (κ3) is 2.98. The van der Waals surface area contributed by atoms with Crippen molar-refractivity contribution in [3.05, 3.63) is 11.3 Å². The molecule has 1 aliphatic rings. The van der Waals surface area contributed by atoms with Crippen LogP contribution in [-0.2, 0) is 0 Å². The maximum atomic E-state index is 10.3. The Morgan fingerprint density at radius 2 is 2.06 bits per heavy atom. The molecular weight excluding hydrogens is 240 g/mol. The van der Waals surface area contributed by atoms with Crippen LogP contribution >= 0.6 is 11.6 Å². The maximum Gasteiger partial charge on any atom is 0.150 e. The highest BCUT2D eigenvalue weighted by atomic mass is 35.5. The molecule has 4 N–H and O–H groups in total. The molecule has 0 saturated heterocycles. The molecule has 1 fully saturated rings. The molecule has 17 heavy (non-hydrogen) atoms. The van der Waals surface area contributed by atoms with Crippen LogP contribution in [0.5, 0.6) is 0 Å². The first-order valence-corrected chi connectivity index (χ1v) is 6.21. The lowest BCUT2D eigenvalue weighted by molar-refractivity contribution is 0.0166. The Bertz CT molecular complexity index is 393. The van der Waals surface area contributed by atoms with Gasteiger partial charge >= 0.3 is 0 Å². The summed E-state index contributed by atoms with van der Waals surface area (Å²) in [7, 11) is 0. The quantitative estimate of drug-likeness (QED) is 0.768. The summed E-state index contributed by atoms with van der Waals surface area (Å²) in [5, 5.41) is 13.7. The van der Waals surface area contributed by atoms with Gasteiger partial charge in [-0.1, -0.05) is 30.9 Å². The third-order valence-corrected chi connectivity index (χ3v) is 3.56. The van der Waals surface area contributed by atoms with Crippen molar-refractivity contribution in [3.63, 3.8) is 0 Å². The molecule has 0 unspecified atom stereocenters. The van der Waals surface area contributed by atoms with Crippen LogP contribution in [0.1, 0.15) is 32.1 Å². The molecule has 2 rings (SSSR count). The first-order chi connectivity index (χ1) is 8.11.